The molecule has 2 N–H and O–H groups in total. The van der Waals surface area contributed by atoms with E-state index in [1.54, 1.807) is 25.7 Å². The molecule has 2 aromatic heterocycles. The standard InChI is InChI=1S/C11H13N3O2/c1-15-11-5-10(13-7-14-11)9(12)4-8-2-3-16-6-8/h2-3,5-7,9H,4,12H2,1H3. The Bertz CT molecular complexity index is 442. The average Bonchev–Trinajstić information content (AvgIpc) is 2.82. The van der Waals surface area contributed by atoms with E-state index in [4.69, 9.17) is 14.9 Å². The fourth-order valence-corrected chi connectivity index (χ4v) is 1.44. The van der Waals surface area contributed by atoms with Gasteiger partial charge in [0, 0.05) is 6.07 Å². The third-order valence-electron chi connectivity index (χ3n) is 2.29. The van der Waals surface area contributed by atoms with Gasteiger partial charge in [0.2, 0.25) is 5.88 Å². The molecule has 84 valence electrons. The quantitative estimate of drug-likeness (QED) is 0.839. The highest BCUT2D eigenvalue weighted by Crippen LogP contribution is 2.16. The summed E-state index contributed by atoms with van der Waals surface area (Å²) in [6.45, 7) is 0. The van der Waals surface area contributed by atoms with Crippen LogP contribution in [0.3, 0.4) is 0 Å². The van der Waals surface area contributed by atoms with E-state index in [9.17, 15) is 0 Å². The van der Waals surface area contributed by atoms with Gasteiger partial charge in [-0.05, 0) is 18.1 Å². The summed E-state index contributed by atoms with van der Waals surface area (Å²) in [6.07, 6.45) is 5.43. The van der Waals surface area contributed by atoms with Gasteiger partial charge in [0.1, 0.15) is 6.33 Å². The van der Waals surface area contributed by atoms with Gasteiger partial charge in [0.25, 0.3) is 0 Å². The molecule has 0 bridgehead atoms. The van der Waals surface area contributed by atoms with Crippen molar-refractivity contribution in [2.45, 2.75) is 12.5 Å². The molecule has 5 nitrogen and oxygen atoms in total. The predicted molar refractivity (Wildman–Crippen MR) is 57.9 cm³/mol. The van der Waals surface area contributed by atoms with Crippen LogP contribution in [0, 0.1) is 0 Å². The molecule has 0 aliphatic carbocycles. The number of nitrogens with zero attached hydrogens (tertiary/aromatic N) is 2. The van der Waals surface area contributed by atoms with Crippen LogP contribution in [0.4, 0.5) is 0 Å². The van der Waals surface area contributed by atoms with E-state index in [0.29, 0.717) is 12.3 Å². The van der Waals surface area contributed by atoms with Crippen LogP contribution in [0.1, 0.15) is 17.3 Å². The molecule has 16 heavy (non-hydrogen) atoms. The maximum atomic E-state index is 6.02. The molecule has 0 fully saturated rings. The molecule has 0 amide bonds. The van der Waals surface area contributed by atoms with Gasteiger partial charge in [-0.25, -0.2) is 9.97 Å². The Morgan fingerprint density at radius 1 is 1.50 bits per heavy atom. The molecule has 2 heterocycles. The Balaban J connectivity index is 2.11. The Morgan fingerprint density at radius 2 is 2.38 bits per heavy atom. The summed E-state index contributed by atoms with van der Waals surface area (Å²) >= 11 is 0. The molecule has 0 aliphatic heterocycles. The third kappa shape index (κ3) is 2.38. The molecule has 0 saturated heterocycles. The van der Waals surface area contributed by atoms with Crippen molar-refractivity contribution in [2.24, 2.45) is 5.73 Å². The number of aromatic nitrogens is 2. The van der Waals surface area contributed by atoms with Crippen molar-refractivity contribution < 1.29 is 9.15 Å². The largest absolute Gasteiger partial charge is 0.481 e. The molecule has 0 spiro atoms. The fourth-order valence-electron chi connectivity index (χ4n) is 1.44. The lowest BCUT2D eigenvalue weighted by Crippen LogP contribution is -2.15. The summed E-state index contributed by atoms with van der Waals surface area (Å²) in [5.74, 6) is 0.521. The molecule has 5 heteroatoms. The van der Waals surface area contributed by atoms with E-state index >= 15 is 0 Å². The zero-order valence-corrected chi connectivity index (χ0v) is 8.96. The highest BCUT2D eigenvalue weighted by atomic mass is 16.5. The molecule has 0 aliphatic rings. The van der Waals surface area contributed by atoms with Gasteiger partial charge < -0.3 is 14.9 Å². The third-order valence-corrected chi connectivity index (χ3v) is 2.29. The summed E-state index contributed by atoms with van der Waals surface area (Å²) < 4.78 is 10.00. The zero-order chi connectivity index (χ0) is 11.4. The van der Waals surface area contributed by atoms with Gasteiger partial charge in [-0.2, -0.15) is 0 Å². The second-order valence-electron chi connectivity index (χ2n) is 3.43. The van der Waals surface area contributed by atoms with E-state index < -0.39 is 0 Å². The van der Waals surface area contributed by atoms with Gasteiger partial charge in [0.05, 0.1) is 31.4 Å². The van der Waals surface area contributed by atoms with Gasteiger partial charge in [0.15, 0.2) is 0 Å². The lowest BCUT2D eigenvalue weighted by atomic mass is 10.1. The molecule has 0 aromatic carbocycles. The molecule has 2 rings (SSSR count). The first-order chi connectivity index (χ1) is 7.79. The highest BCUT2D eigenvalue weighted by molar-refractivity contribution is 5.19. The van der Waals surface area contributed by atoms with Crippen molar-refractivity contribution in [3.05, 3.63) is 42.2 Å². The van der Waals surface area contributed by atoms with Crippen LogP contribution in [0.15, 0.2) is 35.4 Å². The Hall–Kier alpha value is -1.88. The topological polar surface area (TPSA) is 74.2 Å². The minimum Gasteiger partial charge on any atom is -0.481 e. The molecule has 2 aromatic rings. The van der Waals surface area contributed by atoms with Gasteiger partial charge in [-0.3, -0.25) is 0 Å². The number of furan rings is 1. The maximum absolute atomic E-state index is 6.02. The first-order valence-corrected chi connectivity index (χ1v) is 4.92. The number of hydrogen-bond donors (Lipinski definition) is 1. The van der Waals surface area contributed by atoms with Gasteiger partial charge in [-0.1, -0.05) is 0 Å². The molecule has 0 radical (unpaired) electrons. The van der Waals surface area contributed by atoms with Crippen LogP contribution in [-0.4, -0.2) is 17.1 Å². The van der Waals surface area contributed by atoms with Crippen LogP contribution >= 0.6 is 0 Å². The Labute approximate surface area is 93.3 Å². The summed E-state index contributed by atoms with van der Waals surface area (Å²) in [5, 5.41) is 0. The Kier molecular flexibility index (Phi) is 3.16. The van der Waals surface area contributed by atoms with Crippen molar-refractivity contribution in [2.75, 3.05) is 7.11 Å². The summed E-state index contributed by atoms with van der Waals surface area (Å²) in [5.41, 5.74) is 7.83. The molecular weight excluding hydrogens is 206 g/mol. The fraction of sp³-hybridized carbons (Fsp3) is 0.273. The maximum Gasteiger partial charge on any atom is 0.216 e. The minimum absolute atomic E-state index is 0.186. The lowest BCUT2D eigenvalue weighted by molar-refractivity contribution is 0.395. The van der Waals surface area contributed by atoms with Crippen LogP contribution in [0.25, 0.3) is 0 Å². The van der Waals surface area contributed by atoms with Crippen LogP contribution in [-0.2, 0) is 6.42 Å². The lowest BCUT2D eigenvalue weighted by Gasteiger charge is -2.09. The van der Waals surface area contributed by atoms with Crippen LogP contribution in [0.5, 0.6) is 5.88 Å². The van der Waals surface area contributed by atoms with Crippen molar-refractivity contribution in [3.63, 3.8) is 0 Å². The number of nitrogens with two attached hydrogens (primary N) is 1. The van der Waals surface area contributed by atoms with E-state index in [0.717, 1.165) is 11.3 Å². The van der Waals surface area contributed by atoms with Crippen LogP contribution < -0.4 is 10.5 Å². The first-order valence-electron chi connectivity index (χ1n) is 4.92. The van der Waals surface area contributed by atoms with Crippen molar-refractivity contribution in [1.29, 1.82) is 0 Å². The predicted octanol–water partition coefficient (Wildman–Crippen LogP) is 1.32. The van der Waals surface area contributed by atoms with E-state index in [1.165, 1.54) is 6.33 Å². The number of ether oxygens (including phenoxy) is 1. The van der Waals surface area contributed by atoms with E-state index in [-0.39, 0.29) is 6.04 Å². The van der Waals surface area contributed by atoms with E-state index in [1.807, 2.05) is 6.07 Å². The SMILES string of the molecule is COc1cc(C(N)Cc2ccoc2)ncn1. The Morgan fingerprint density at radius 3 is 3.06 bits per heavy atom. The van der Waals surface area contributed by atoms with Gasteiger partial charge >= 0.3 is 0 Å². The smallest absolute Gasteiger partial charge is 0.216 e. The second kappa shape index (κ2) is 4.76. The average molecular weight is 219 g/mol. The van der Waals surface area contributed by atoms with E-state index in [2.05, 4.69) is 9.97 Å². The highest BCUT2D eigenvalue weighted by Gasteiger charge is 2.10. The zero-order valence-electron chi connectivity index (χ0n) is 8.96. The number of rotatable bonds is 4. The normalized spacial score (nSPS) is 12.4. The van der Waals surface area contributed by atoms with Crippen molar-refractivity contribution in [3.8, 4) is 5.88 Å². The summed E-state index contributed by atoms with van der Waals surface area (Å²) in [4.78, 5) is 8.05. The summed E-state index contributed by atoms with van der Waals surface area (Å²) in [7, 11) is 1.56. The number of methoxy groups -OCH3 is 1. The minimum atomic E-state index is -0.186. The first kappa shape index (κ1) is 10.6. The van der Waals surface area contributed by atoms with Crippen LogP contribution in [0.2, 0.25) is 0 Å². The summed E-state index contributed by atoms with van der Waals surface area (Å²) in [6, 6.07) is 3.44. The van der Waals surface area contributed by atoms with Gasteiger partial charge in [-0.15, -0.1) is 0 Å². The second-order valence-corrected chi connectivity index (χ2v) is 3.43. The number of hydrogen-bond acceptors (Lipinski definition) is 5. The van der Waals surface area contributed by atoms with Crippen molar-refractivity contribution >= 4 is 0 Å². The molecule has 1 unspecified atom stereocenters. The molecular formula is C11H13N3O2. The molecule has 1 atom stereocenters. The van der Waals surface area contributed by atoms with Crippen molar-refractivity contribution in [1.82, 2.24) is 9.97 Å². The molecule has 0 saturated carbocycles. The monoisotopic (exact) mass is 219 g/mol.